The number of benzene rings is 1. The molecule has 0 unspecified atom stereocenters. The topological polar surface area (TPSA) is 58.2 Å². The Morgan fingerprint density at radius 3 is 2.24 bits per heavy atom. The van der Waals surface area contributed by atoms with Crippen LogP contribution in [0.3, 0.4) is 0 Å². The predicted molar refractivity (Wildman–Crippen MR) is 75.6 cm³/mol. The number of rotatable bonds is 6. The lowest BCUT2D eigenvalue weighted by Crippen LogP contribution is -2.34. The zero-order chi connectivity index (χ0) is 16.1. The summed E-state index contributed by atoms with van der Waals surface area (Å²) in [6.07, 6.45) is -4.21. The molecule has 0 saturated heterocycles. The van der Waals surface area contributed by atoms with Gasteiger partial charge in [0.05, 0.1) is 25.5 Å². The lowest BCUT2D eigenvalue weighted by atomic mass is 10.1. The Balaban J connectivity index is 2.36. The maximum Gasteiger partial charge on any atom is 0.416 e. The number of carbonyl (C=O) groups is 1. The van der Waals surface area contributed by atoms with Gasteiger partial charge in [-0.15, -0.1) is 0 Å². The van der Waals surface area contributed by atoms with Crippen LogP contribution in [0.15, 0.2) is 24.3 Å². The Bertz CT molecular complexity index is 523. The van der Waals surface area contributed by atoms with Crippen LogP contribution >= 0.6 is 7.14 Å². The number of hydrogen-bond acceptors (Lipinski definition) is 3. The summed E-state index contributed by atoms with van der Waals surface area (Å²) in [5.74, 6) is -0.300. The van der Waals surface area contributed by atoms with Crippen LogP contribution in [-0.4, -0.2) is 32.1 Å². The van der Waals surface area contributed by atoms with Crippen molar-refractivity contribution in [3.63, 3.8) is 0 Å². The van der Waals surface area contributed by atoms with Crippen molar-refractivity contribution in [2.24, 2.45) is 0 Å². The Morgan fingerprint density at radius 2 is 1.76 bits per heavy atom. The van der Waals surface area contributed by atoms with Gasteiger partial charge in [0.25, 0.3) is 0 Å². The molecule has 0 spiro atoms. The van der Waals surface area contributed by atoms with Gasteiger partial charge in [0.1, 0.15) is 0 Å². The van der Waals surface area contributed by atoms with E-state index in [2.05, 4.69) is 10.6 Å². The standard InChI is InChI=1S/C13H18F3N2O2P/c1-21(2,20)9-18-12(19)8-17-7-10-3-5-11(6-4-10)13(14,15)16/h3-6,17H,7-9H2,1-2H3,(H,18,19). The Hall–Kier alpha value is -1.33. The summed E-state index contributed by atoms with van der Waals surface area (Å²) < 4.78 is 48.5. The summed E-state index contributed by atoms with van der Waals surface area (Å²) in [5.41, 5.74) is -0.0573. The Morgan fingerprint density at radius 1 is 1.19 bits per heavy atom. The van der Waals surface area contributed by atoms with E-state index in [0.29, 0.717) is 5.56 Å². The molecule has 21 heavy (non-hydrogen) atoms. The van der Waals surface area contributed by atoms with E-state index in [1.807, 2.05) is 0 Å². The second-order valence-electron chi connectivity index (χ2n) is 5.13. The summed E-state index contributed by atoms with van der Waals surface area (Å²) in [4.78, 5) is 11.4. The number of halogens is 3. The van der Waals surface area contributed by atoms with E-state index in [1.54, 1.807) is 13.3 Å². The number of carbonyl (C=O) groups excluding carboxylic acids is 1. The minimum atomic E-state index is -4.35. The number of alkyl halides is 3. The van der Waals surface area contributed by atoms with Crippen molar-refractivity contribution in [2.75, 3.05) is 26.2 Å². The Labute approximate surface area is 121 Å². The van der Waals surface area contributed by atoms with Gasteiger partial charge in [-0.1, -0.05) is 12.1 Å². The van der Waals surface area contributed by atoms with Gasteiger partial charge >= 0.3 is 6.18 Å². The molecular formula is C13H18F3N2O2P. The summed E-state index contributed by atoms with van der Waals surface area (Å²) in [6.45, 7) is 3.44. The van der Waals surface area contributed by atoms with Crippen molar-refractivity contribution in [1.82, 2.24) is 10.6 Å². The van der Waals surface area contributed by atoms with Gasteiger partial charge in [-0.05, 0) is 31.0 Å². The van der Waals surface area contributed by atoms with Gasteiger partial charge in [0.2, 0.25) is 5.91 Å². The molecule has 0 heterocycles. The zero-order valence-electron chi connectivity index (χ0n) is 11.8. The molecule has 118 valence electrons. The second-order valence-corrected chi connectivity index (χ2v) is 8.59. The molecule has 0 atom stereocenters. The van der Waals surface area contributed by atoms with Crippen LogP contribution < -0.4 is 10.6 Å². The lowest BCUT2D eigenvalue weighted by molar-refractivity contribution is -0.137. The highest BCUT2D eigenvalue weighted by Crippen LogP contribution is 2.33. The summed E-state index contributed by atoms with van der Waals surface area (Å²) in [7, 11) is -2.30. The van der Waals surface area contributed by atoms with Crippen LogP contribution in [-0.2, 0) is 22.1 Å². The van der Waals surface area contributed by atoms with Gasteiger partial charge in [0.15, 0.2) is 0 Å². The van der Waals surface area contributed by atoms with Gasteiger partial charge in [-0.3, -0.25) is 4.79 Å². The summed E-state index contributed by atoms with van der Waals surface area (Å²) in [5, 5.41) is 5.34. The molecule has 2 N–H and O–H groups in total. The maximum atomic E-state index is 12.4. The zero-order valence-corrected chi connectivity index (χ0v) is 12.7. The fourth-order valence-corrected chi connectivity index (χ4v) is 2.03. The van der Waals surface area contributed by atoms with Crippen LogP contribution in [0.25, 0.3) is 0 Å². The highest BCUT2D eigenvalue weighted by Gasteiger charge is 2.29. The fourth-order valence-electron chi connectivity index (χ4n) is 1.47. The molecule has 0 radical (unpaired) electrons. The molecule has 0 saturated carbocycles. The maximum absolute atomic E-state index is 12.4. The highest BCUT2D eigenvalue weighted by molar-refractivity contribution is 7.62. The van der Waals surface area contributed by atoms with Crippen molar-refractivity contribution in [3.05, 3.63) is 35.4 Å². The fraction of sp³-hybridized carbons (Fsp3) is 0.462. The molecule has 0 aliphatic carbocycles. The third-order valence-electron chi connectivity index (χ3n) is 2.55. The predicted octanol–water partition coefficient (Wildman–Crippen LogP) is 2.49. The van der Waals surface area contributed by atoms with Crippen molar-refractivity contribution < 1.29 is 22.5 Å². The highest BCUT2D eigenvalue weighted by atomic mass is 31.2. The molecule has 0 aliphatic heterocycles. The van der Waals surface area contributed by atoms with E-state index in [-0.39, 0.29) is 25.3 Å². The van der Waals surface area contributed by atoms with E-state index >= 15 is 0 Å². The first kappa shape index (κ1) is 17.7. The average molecular weight is 322 g/mol. The number of amides is 1. The van der Waals surface area contributed by atoms with Crippen molar-refractivity contribution in [2.45, 2.75) is 12.7 Å². The molecule has 1 aromatic carbocycles. The van der Waals surface area contributed by atoms with E-state index < -0.39 is 18.9 Å². The third-order valence-corrected chi connectivity index (χ3v) is 3.47. The smallest absolute Gasteiger partial charge is 0.348 e. The minimum absolute atomic E-state index is 0.0149. The monoisotopic (exact) mass is 322 g/mol. The molecular weight excluding hydrogens is 304 g/mol. The van der Waals surface area contributed by atoms with Crippen molar-refractivity contribution in [3.8, 4) is 0 Å². The molecule has 4 nitrogen and oxygen atoms in total. The first-order valence-corrected chi connectivity index (χ1v) is 9.04. The molecule has 1 amide bonds. The first-order chi connectivity index (χ1) is 9.58. The van der Waals surface area contributed by atoms with Crippen molar-refractivity contribution >= 4 is 13.0 Å². The van der Waals surface area contributed by atoms with Crippen LogP contribution in [0.4, 0.5) is 13.2 Å². The normalized spacial score (nSPS) is 12.2. The van der Waals surface area contributed by atoms with Gasteiger partial charge < -0.3 is 15.2 Å². The molecule has 1 rings (SSSR count). The van der Waals surface area contributed by atoms with Crippen LogP contribution in [0.5, 0.6) is 0 Å². The summed E-state index contributed by atoms with van der Waals surface area (Å²) >= 11 is 0. The molecule has 8 heteroatoms. The van der Waals surface area contributed by atoms with E-state index in [0.717, 1.165) is 12.1 Å². The third kappa shape index (κ3) is 7.29. The van der Waals surface area contributed by atoms with E-state index in [4.69, 9.17) is 0 Å². The quantitative estimate of drug-likeness (QED) is 0.791. The van der Waals surface area contributed by atoms with Crippen molar-refractivity contribution in [1.29, 1.82) is 0 Å². The van der Waals surface area contributed by atoms with Crippen LogP contribution in [0, 0.1) is 0 Å². The lowest BCUT2D eigenvalue weighted by Gasteiger charge is -2.10. The van der Waals surface area contributed by atoms with Crippen LogP contribution in [0.2, 0.25) is 0 Å². The van der Waals surface area contributed by atoms with E-state index in [9.17, 15) is 22.5 Å². The molecule has 0 aliphatic rings. The largest absolute Gasteiger partial charge is 0.416 e. The SMILES string of the molecule is CP(C)(=O)CNC(=O)CNCc1ccc(C(F)(F)F)cc1. The second kappa shape index (κ2) is 7.09. The molecule has 0 bridgehead atoms. The minimum Gasteiger partial charge on any atom is -0.348 e. The molecule has 0 fully saturated rings. The number of nitrogens with one attached hydrogen (secondary N) is 2. The summed E-state index contributed by atoms with van der Waals surface area (Å²) in [6, 6.07) is 4.73. The Kier molecular flexibility index (Phi) is 5.98. The van der Waals surface area contributed by atoms with Crippen LogP contribution in [0.1, 0.15) is 11.1 Å². The molecule has 1 aromatic rings. The first-order valence-electron chi connectivity index (χ1n) is 6.25. The number of hydrogen-bond donors (Lipinski definition) is 2. The van der Waals surface area contributed by atoms with Gasteiger partial charge in [0, 0.05) is 6.54 Å². The van der Waals surface area contributed by atoms with Gasteiger partial charge in [-0.2, -0.15) is 13.2 Å². The molecule has 0 aromatic heterocycles. The average Bonchev–Trinajstić information content (AvgIpc) is 2.35. The van der Waals surface area contributed by atoms with Gasteiger partial charge in [-0.25, -0.2) is 0 Å². The van der Waals surface area contributed by atoms with E-state index in [1.165, 1.54) is 12.1 Å².